The molecule has 74 valence electrons. The number of hydrogen-bond acceptors (Lipinski definition) is 3. The molecule has 1 aromatic heterocycles. The van der Waals surface area contributed by atoms with Crippen LogP contribution in [0.1, 0.15) is 22.5 Å². The smallest absolute Gasteiger partial charge is 0.372 e. The van der Waals surface area contributed by atoms with E-state index in [9.17, 15) is 4.79 Å². The molecule has 0 aliphatic heterocycles. The molecule has 0 unspecified atom stereocenters. The summed E-state index contributed by atoms with van der Waals surface area (Å²) in [6.45, 7) is 1.13. The van der Waals surface area contributed by atoms with Crippen LogP contribution in [0.4, 0.5) is 0 Å². The van der Waals surface area contributed by atoms with Crippen LogP contribution in [0.5, 0.6) is 0 Å². The van der Waals surface area contributed by atoms with E-state index in [0.29, 0.717) is 25.1 Å². The Morgan fingerprint density at radius 2 is 2.50 bits per heavy atom. The van der Waals surface area contributed by atoms with Crippen molar-refractivity contribution in [2.45, 2.75) is 13.0 Å². The summed E-state index contributed by atoms with van der Waals surface area (Å²) in [6, 6.07) is 1.63. The van der Waals surface area contributed by atoms with E-state index in [4.69, 9.17) is 15.9 Å². The molecule has 0 aromatic carbocycles. The highest BCUT2D eigenvalue weighted by atomic mass is 16.4. The van der Waals surface area contributed by atoms with E-state index in [1.54, 1.807) is 6.07 Å². The number of carbonyl (C=O) groups is 1. The van der Waals surface area contributed by atoms with Gasteiger partial charge in [0.15, 0.2) is 0 Å². The van der Waals surface area contributed by atoms with Gasteiger partial charge in [0.05, 0.1) is 6.26 Å². The number of carboxylic acid groups (broad SMARTS) is 1. The number of rotatable bonds is 5. The van der Waals surface area contributed by atoms with Gasteiger partial charge < -0.3 is 14.8 Å². The van der Waals surface area contributed by atoms with Gasteiger partial charge in [-0.05, 0) is 6.07 Å². The lowest BCUT2D eigenvalue weighted by Crippen LogP contribution is -2.15. The van der Waals surface area contributed by atoms with E-state index in [1.165, 1.54) is 6.26 Å². The van der Waals surface area contributed by atoms with Crippen molar-refractivity contribution in [3.63, 3.8) is 0 Å². The number of furan rings is 1. The van der Waals surface area contributed by atoms with E-state index < -0.39 is 5.97 Å². The maximum Gasteiger partial charge on any atom is 0.372 e. The van der Waals surface area contributed by atoms with Crippen LogP contribution in [-0.4, -0.2) is 17.6 Å². The molecule has 1 rings (SSSR count). The summed E-state index contributed by atoms with van der Waals surface area (Å²) < 4.78 is 4.80. The van der Waals surface area contributed by atoms with Gasteiger partial charge in [0, 0.05) is 25.1 Å². The Balaban J connectivity index is 2.47. The summed E-state index contributed by atoms with van der Waals surface area (Å²) in [4.78, 5) is 10.6. The summed E-state index contributed by atoms with van der Waals surface area (Å²) in [5.41, 5.74) is 0.634. The lowest BCUT2D eigenvalue weighted by atomic mass is 10.2. The highest BCUT2D eigenvalue weighted by Crippen LogP contribution is 2.09. The zero-order chi connectivity index (χ0) is 10.4. The van der Waals surface area contributed by atoms with Crippen LogP contribution in [0.15, 0.2) is 16.7 Å². The van der Waals surface area contributed by atoms with Crippen molar-refractivity contribution in [3.8, 4) is 12.3 Å². The van der Waals surface area contributed by atoms with Crippen LogP contribution in [0, 0.1) is 12.3 Å². The molecule has 0 aliphatic carbocycles. The van der Waals surface area contributed by atoms with Gasteiger partial charge in [-0.25, -0.2) is 4.79 Å². The first-order valence-electron chi connectivity index (χ1n) is 4.19. The van der Waals surface area contributed by atoms with Crippen molar-refractivity contribution in [2.75, 3.05) is 6.54 Å². The molecular weight excluding hydrogens is 182 g/mol. The van der Waals surface area contributed by atoms with Crippen molar-refractivity contribution in [1.82, 2.24) is 5.32 Å². The van der Waals surface area contributed by atoms with Gasteiger partial charge in [-0.2, -0.15) is 0 Å². The molecule has 0 atom stereocenters. The third-order valence-corrected chi connectivity index (χ3v) is 1.70. The van der Waals surface area contributed by atoms with Gasteiger partial charge in [0.2, 0.25) is 5.76 Å². The number of nitrogens with one attached hydrogen (secondary N) is 1. The van der Waals surface area contributed by atoms with E-state index in [0.717, 1.165) is 0 Å². The summed E-state index contributed by atoms with van der Waals surface area (Å²) >= 11 is 0. The van der Waals surface area contributed by atoms with Crippen LogP contribution < -0.4 is 5.32 Å². The quantitative estimate of drug-likeness (QED) is 0.542. The minimum atomic E-state index is -1.05. The molecule has 0 radical (unpaired) electrons. The topological polar surface area (TPSA) is 62.5 Å². The van der Waals surface area contributed by atoms with Crippen molar-refractivity contribution in [1.29, 1.82) is 0 Å². The second kappa shape index (κ2) is 5.10. The Morgan fingerprint density at radius 3 is 3.14 bits per heavy atom. The van der Waals surface area contributed by atoms with Gasteiger partial charge in [-0.1, -0.05) is 0 Å². The average Bonchev–Trinajstić information content (AvgIpc) is 2.60. The Kier molecular flexibility index (Phi) is 3.77. The fourth-order valence-electron chi connectivity index (χ4n) is 1.05. The number of hydrogen-bond donors (Lipinski definition) is 2. The largest absolute Gasteiger partial charge is 0.475 e. The lowest BCUT2D eigenvalue weighted by Gasteiger charge is -2.00. The van der Waals surface area contributed by atoms with Crippen LogP contribution in [-0.2, 0) is 6.54 Å². The van der Waals surface area contributed by atoms with Gasteiger partial charge >= 0.3 is 5.97 Å². The minimum Gasteiger partial charge on any atom is -0.475 e. The van der Waals surface area contributed by atoms with E-state index in [1.807, 2.05) is 0 Å². The third kappa shape index (κ3) is 2.64. The van der Waals surface area contributed by atoms with Crippen molar-refractivity contribution < 1.29 is 14.3 Å². The molecule has 0 bridgehead atoms. The summed E-state index contributed by atoms with van der Waals surface area (Å²) in [5, 5.41) is 11.7. The van der Waals surface area contributed by atoms with Crippen LogP contribution in [0.2, 0.25) is 0 Å². The predicted molar refractivity (Wildman–Crippen MR) is 50.8 cm³/mol. The van der Waals surface area contributed by atoms with Gasteiger partial charge in [-0.3, -0.25) is 0 Å². The van der Waals surface area contributed by atoms with Crippen molar-refractivity contribution >= 4 is 5.97 Å². The molecule has 4 heteroatoms. The molecule has 2 N–H and O–H groups in total. The van der Waals surface area contributed by atoms with E-state index in [-0.39, 0.29) is 5.76 Å². The standard InChI is InChI=1S/C10H11NO3/c1-2-3-5-11-7-8-4-6-14-9(8)10(12)13/h1,4,6,11H,3,5,7H2,(H,12,13). The highest BCUT2D eigenvalue weighted by Gasteiger charge is 2.12. The SMILES string of the molecule is C#CCCNCc1ccoc1C(=O)O. The summed E-state index contributed by atoms with van der Waals surface area (Å²) in [6.07, 6.45) is 7.05. The molecule has 14 heavy (non-hydrogen) atoms. The lowest BCUT2D eigenvalue weighted by molar-refractivity contribution is 0.0660. The Hall–Kier alpha value is -1.73. The molecular formula is C10H11NO3. The zero-order valence-corrected chi connectivity index (χ0v) is 7.62. The molecule has 0 amide bonds. The first-order valence-corrected chi connectivity index (χ1v) is 4.19. The Bertz CT molecular complexity index is 348. The van der Waals surface area contributed by atoms with Gasteiger partial charge in [-0.15, -0.1) is 12.3 Å². The van der Waals surface area contributed by atoms with Gasteiger partial charge in [0.25, 0.3) is 0 Å². The summed E-state index contributed by atoms with van der Waals surface area (Å²) in [7, 11) is 0. The molecule has 1 heterocycles. The second-order valence-electron chi connectivity index (χ2n) is 2.71. The van der Waals surface area contributed by atoms with E-state index in [2.05, 4.69) is 11.2 Å². The molecule has 0 aliphatic rings. The zero-order valence-electron chi connectivity index (χ0n) is 7.62. The minimum absolute atomic E-state index is 0.0155. The second-order valence-corrected chi connectivity index (χ2v) is 2.71. The van der Waals surface area contributed by atoms with Crippen molar-refractivity contribution in [2.24, 2.45) is 0 Å². The first kappa shape index (κ1) is 10.4. The highest BCUT2D eigenvalue weighted by molar-refractivity contribution is 5.86. The first-order chi connectivity index (χ1) is 6.75. The maximum atomic E-state index is 10.6. The average molecular weight is 193 g/mol. The summed E-state index contributed by atoms with van der Waals surface area (Å²) in [5.74, 6) is 1.42. The van der Waals surface area contributed by atoms with E-state index >= 15 is 0 Å². The Labute approximate surface area is 81.9 Å². The maximum absolute atomic E-state index is 10.6. The molecule has 0 spiro atoms. The predicted octanol–water partition coefficient (Wildman–Crippen LogP) is 1.09. The molecule has 1 aromatic rings. The molecule has 0 fully saturated rings. The van der Waals surface area contributed by atoms with Crippen LogP contribution in [0.25, 0.3) is 0 Å². The fourth-order valence-corrected chi connectivity index (χ4v) is 1.05. The molecule has 0 saturated carbocycles. The van der Waals surface area contributed by atoms with Gasteiger partial charge in [0.1, 0.15) is 0 Å². The van der Waals surface area contributed by atoms with Crippen LogP contribution >= 0.6 is 0 Å². The Morgan fingerprint density at radius 1 is 1.71 bits per heavy atom. The fraction of sp³-hybridized carbons (Fsp3) is 0.300. The monoisotopic (exact) mass is 193 g/mol. The normalized spacial score (nSPS) is 9.64. The number of carboxylic acids is 1. The molecule has 4 nitrogen and oxygen atoms in total. The molecule has 0 saturated heterocycles. The third-order valence-electron chi connectivity index (χ3n) is 1.70. The van der Waals surface area contributed by atoms with Crippen LogP contribution in [0.3, 0.4) is 0 Å². The van der Waals surface area contributed by atoms with Crippen molar-refractivity contribution in [3.05, 3.63) is 23.7 Å². The number of terminal acetylenes is 1. The number of aromatic carboxylic acids is 1.